The zero-order chi connectivity index (χ0) is 11.8. The molecule has 0 aliphatic carbocycles. The summed E-state index contributed by atoms with van der Waals surface area (Å²) < 4.78 is 18.8. The summed E-state index contributed by atoms with van der Waals surface area (Å²) in [6.07, 6.45) is 1.78. The van der Waals surface area contributed by atoms with Crippen LogP contribution in [0, 0.1) is 5.82 Å². The molecule has 3 heteroatoms. The van der Waals surface area contributed by atoms with Gasteiger partial charge in [0.2, 0.25) is 0 Å². The summed E-state index contributed by atoms with van der Waals surface area (Å²) in [7, 11) is 0. The largest absolute Gasteiger partial charge is 0.382 e. The Hall–Kier alpha value is -0.600. The second-order valence-electron chi connectivity index (χ2n) is 3.71. The molecule has 0 aliphatic rings. The third-order valence-electron chi connectivity index (χ3n) is 2.58. The van der Waals surface area contributed by atoms with Crippen LogP contribution in [-0.4, -0.2) is 19.1 Å². The molecule has 0 radical (unpaired) electrons. The quantitative estimate of drug-likeness (QED) is 0.521. The first-order valence-electron chi connectivity index (χ1n) is 5.67. The van der Waals surface area contributed by atoms with E-state index in [2.05, 4.69) is 0 Å². The minimum atomic E-state index is -0.162. The zero-order valence-electron chi connectivity index (χ0n) is 9.59. The molecule has 1 atom stereocenters. The maximum atomic E-state index is 13.5. The van der Waals surface area contributed by atoms with Gasteiger partial charge >= 0.3 is 0 Å². The maximum absolute atomic E-state index is 13.5. The predicted molar refractivity (Wildman–Crippen MR) is 65.6 cm³/mol. The van der Waals surface area contributed by atoms with E-state index in [1.165, 1.54) is 6.07 Å². The third kappa shape index (κ3) is 4.11. The molecule has 0 N–H and O–H groups in total. The third-order valence-corrected chi connectivity index (χ3v) is 2.95. The van der Waals surface area contributed by atoms with Crippen LogP contribution in [0.25, 0.3) is 0 Å². The van der Waals surface area contributed by atoms with Crippen LogP contribution < -0.4 is 0 Å². The SMILES string of the molecule is CCOCCCC(CCl)c1ccccc1F. The summed E-state index contributed by atoms with van der Waals surface area (Å²) in [5, 5.41) is 0. The van der Waals surface area contributed by atoms with Crippen molar-refractivity contribution in [3.63, 3.8) is 0 Å². The van der Waals surface area contributed by atoms with Crippen molar-refractivity contribution >= 4 is 11.6 Å². The van der Waals surface area contributed by atoms with E-state index >= 15 is 0 Å². The Labute approximate surface area is 102 Å². The van der Waals surface area contributed by atoms with Gasteiger partial charge in [0, 0.05) is 25.0 Å². The first-order valence-corrected chi connectivity index (χ1v) is 6.21. The van der Waals surface area contributed by atoms with Crippen molar-refractivity contribution in [1.82, 2.24) is 0 Å². The fraction of sp³-hybridized carbons (Fsp3) is 0.538. The number of ether oxygens (including phenoxy) is 1. The van der Waals surface area contributed by atoms with Crippen molar-refractivity contribution in [1.29, 1.82) is 0 Å². The summed E-state index contributed by atoms with van der Waals surface area (Å²) in [6.45, 7) is 3.42. The molecular weight excluding hydrogens is 227 g/mol. The number of benzene rings is 1. The van der Waals surface area contributed by atoms with Crippen LogP contribution in [0.2, 0.25) is 0 Å². The standard InChI is InChI=1S/C13H18ClFO/c1-2-16-9-5-6-11(10-14)12-7-3-4-8-13(12)15/h3-4,7-8,11H,2,5-6,9-10H2,1H3. The van der Waals surface area contributed by atoms with Crippen LogP contribution in [0.4, 0.5) is 4.39 Å². The predicted octanol–water partition coefficient (Wildman–Crippen LogP) is 3.96. The first-order chi connectivity index (χ1) is 7.79. The second-order valence-corrected chi connectivity index (χ2v) is 4.02. The van der Waals surface area contributed by atoms with Gasteiger partial charge in [-0.2, -0.15) is 0 Å². The number of hydrogen-bond acceptors (Lipinski definition) is 1. The molecule has 0 amide bonds. The Kier molecular flexibility index (Phi) is 6.43. The van der Waals surface area contributed by atoms with Crippen molar-refractivity contribution < 1.29 is 9.13 Å². The normalized spacial score (nSPS) is 12.7. The van der Waals surface area contributed by atoms with Gasteiger partial charge in [0.15, 0.2) is 0 Å². The lowest BCUT2D eigenvalue weighted by molar-refractivity contribution is 0.142. The fourth-order valence-electron chi connectivity index (χ4n) is 1.70. The van der Waals surface area contributed by atoms with E-state index in [-0.39, 0.29) is 11.7 Å². The van der Waals surface area contributed by atoms with Crippen LogP contribution in [0.3, 0.4) is 0 Å². The summed E-state index contributed by atoms with van der Waals surface area (Å²) in [5.41, 5.74) is 0.717. The van der Waals surface area contributed by atoms with E-state index < -0.39 is 0 Å². The van der Waals surface area contributed by atoms with Gasteiger partial charge in [0.25, 0.3) is 0 Å². The minimum Gasteiger partial charge on any atom is -0.382 e. The summed E-state index contributed by atoms with van der Waals surface area (Å²) in [4.78, 5) is 0. The summed E-state index contributed by atoms with van der Waals surface area (Å²) >= 11 is 5.88. The van der Waals surface area contributed by atoms with E-state index in [4.69, 9.17) is 16.3 Å². The highest BCUT2D eigenvalue weighted by molar-refractivity contribution is 6.18. The van der Waals surface area contributed by atoms with E-state index in [9.17, 15) is 4.39 Å². The summed E-state index contributed by atoms with van der Waals surface area (Å²) in [6, 6.07) is 6.84. The smallest absolute Gasteiger partial charge is 0.126 e. The lowest BCUT2D eigenvalue weighted by atomic mass is 9.96. The van der Waals surface area contributed by atoms with Gasteiger partial charge in [-0.15, -0.1) is 11.6 Å². The van der Waals surface area contributed by atoms with Gasteiger partial charge in [-0.3, -0.25) is 0 Å². The van der Waals surface area contributed by atoms with E-state index in [0.717, 1.165) is 26.1 Å². The van der Waals surface area contributed by atoms with E-state index in [1.807, 2.05) is 19.1 Å². The van der Waals surface area contributed by atoms with E-state index in [1.54, 1.807) is 6.07 Å². The highest BCUT2D eigenvalue weighted by Gasteiger charge is 2.13. The second kappa shape index (κ2) is 7.64. The van der Waals surface area contributed by atoms with Crippen LogP contribution >= 0.6 is 11.6 Å². The van der Waals surface area contributed by atoms with Crippen molar-refractivity contribution in [3.8, 4) is 0 Å². The highest BCUT2D eigenvalue weighted by Crippen LogP contribution is 2.25. The average Bonchev–Trinajstić information content (AvgIpc) is 2.31. The molecule has 0 saturated heterocycles. The van der Waals surface area contributed by atoms with Crippen LogP contribution in [-0.2, 0) is 4.74 Å². The van der Waals surface area contributed by atoms with Crippen LogP contribution in [0.15, 0.2) is 24.3 Å². The highest BCUT2D eigenvalue weighted by atomic mass is 35.5. The molecule has 0 aliphatic heterocycles. The zero-order valence-corrected chi connectivity index (χ0v) is 10.3. The maximum Gasteiger partial charge on any atom is 0.126 e. The minimum absolute atomic E-state index is 0.0864. The van der Waals surface area contributed by atoms with Crippen molar-refractivity contribution in [2.45, 2.75) is 25.7 Å². The van der Waals surface area contributed by atoms with Crippen molar-refractivity contribution in [3.05, 3.63) is 35.6 Å². The van der Waals surface area contributed by atoms with Crippen molar-refractivity contribution in [2.24, 2.45) is 0 Å². The molecule has 1 unspecified atom stereocenters. The molecule has 0 aromatic heterocycles. The monoisotopic (exact) mass is 244 g/mol. The number of rotatable bonds is 7. The van der Waals surface area contributed by atoms with Gasteiger partial charge in [0.1, 0.15) is 5.82 Å². The molecule has 1 aromatic carbocycles. The van der Waals surface area contributed by atoms with Gasteiger partial charge in [-0.1, -0.05) is 18.2 Å². The lowest BCUT2D eigenvalue weighted by Gasteiger charge is -2.14. The number of hydrogen-bond donors (Lipinski definition) is 0. The molecule has 1 aromatic rings. The molecule has 0 heterocycles. The lowest BCUT2D eigenvalue weighted by Crippen LogP contribution is -2.05. The van der Waals surface area contributed by atoms with Gasteiger partial charge in [-0.25, -0.2) is 4.39 Å². The molecule has 1 nitrogen and oxygen atoms in total. The molecule has 0 fully saturated rings. The Morgan fingerprint density at radius 2 is 2.12 bits per heavy atom. The molecule has 0 saturated carbocycles. The average molecular weight is 245 g/mol. The number of halogens is 2. The Morgan fingerprint density at radius 1 is 1.38 bits per heavy atom. The molecule has 0 spiro atoms. The Bertz CT molecular complexity index is 304. The first kappa shape index (κ1) is 13.5. The van der Waals surface area contributed by atoms with Gasteiger partial charge in [0.05, 0.1) is 0 Å². The number of alkyl halides is 1. The van der Waals surface area contributed by atoms with E-state index in [0.29, 0.717) is 11.4 Å². The molecule has 0 bridgehead atoms. The molecular formula is C13H18ClFO. The summed E-state index contributed by atoms with van der Waals surface area (Å²) in [5.74, 6) is 0.375. The molecule has 1 rings (SSSR count). The Morgan fingerprint density at radius 3 is 2.75 bits per heavy atom. The van der Waals surface area contributed by atoms with Crippen molar-refractivity contribution in [2.75, 3.05) is 19.1 Å². The van der Waals surface area contributed by atoms with Crippen LogP contribution in [0.5, 0.6) is 0 Å². The fourth-order valence-corrected chi connectivity index (χ4v) is 2.02. The van der Waals surface area contributed by atoms with Gasteiger partial charge < -0.3 is 4.74 Å². The van der Waals surface area contributed by atoms with Gasteiger partial charge in [-0.05, 0) is 31.4 Å². The topological polar surface area (TPSA) is 9.23 Å². The Balaban J connectivity index is 2.51. The molecule has 16 heavy (non-hydrogen) atoms. The van der Waals surface area contributed by atoms with Crippen LogP contribution in [0.1, 0.15) is 31.2 Å². The molecule has 90 valence electrons.